The summed E-state index contributed by atoms with van der Waals surface area (Å²) in [7, 11) is 0. The maximum Gasteiger partial charge on any atom is 0.226 e. The van der Waals surface area contributed by atoms with Crippen LogP contribution in [0.4, 0.5) is 4.39 Å². The van der Waals surface area contributed by atoms with Gasteiger partial charge in [-0.1, -0.05) is 12.1 Å². The number of piperidine rings is 1. The van der Waals surface area contributed by atoms with Crippen LogP contribution in [0, 0.1) is 5.82 Å². The minimum absolute atomic E-state index is 0.0490. The highest BCUT2D eigenvalue weighted by molar-refractivity contribution is 5.78. The molecule has 0 bridgehead atoms. The van der Waals surface area contributed by atoms with Gasteiger partial charge in [0, 0.05) is 19.6 Å². The van der Waals surface area contributed by atoms with E-state index in [1.165, 1.54) is 12.1 Å². The van der Waals surface area contributed by atoms with Gasteiger partial charge in [0.25, 0.3) is 0 Å². The molecular weight excluding hydrogens is 259 g/mol. The van der Waals surface area contributed by atoms with Crippen LogP contribution in [0.1, 0.15) is 18.4 Å². The summed E-state index contributed by atoms with van der Waals surface area (Å²) in [5.74, 6) is -0.253. The van der Waals surface area contributed by atoms with Crippen LogP contribution < -0.4 is 5.73 Å². The molecule has 1 aliphatic heterocycles. The Kier molecular flexibility index (Phi) is 5.49. The molecule has 0 atom stereocenters. The first-order chi connectivity index (χ1) is 9.69. The number of carbonyl (C=O) groups is 1. The SMILES string of the molecule is NCCOC1CCN(C(=O)Cc2cccc(F)c2)CC1. The molecule has 0 unspecified atom stereocenters. The number of ether oxygens (including phenoxy) is 1. The molecule has 0 aromatic heterocycles. The first-order valence-corrected chi connectivity index (χ1v) is 7.03. The summed E-state index contributed by atoms with van der Waals surface area (Å²) < 4.78 is 18.7. The molecule has 20 heavy (non-hydrogen) atoms. The summed E-state index contributed by atoms with van der Waals surface area (Å²) in [6.07, 6.45) is 2.15. The van der Waals surface area contributed by atoms with Gasteiger partial charge in [0.1, 0.15) is 5.82 Å². The Balaban J connectivity index is 1.80. The average Bonchev–Trinajstić information content (AvgIpc) is 2.45. The zero-order valence-electron chi connectivity index (χ0n) is 11.6. The highest BCUT2D eigenvalue weighted by atomic mass is 19.1. The molecule has 0 spiro atoms. The number of benzene rings is 1. The fraction of sp³-hybridized carbons (Fsp3) is 0.533. The van der Waals surface area contributed by atoms with Crippen LogP contribution in [0.25, 0.3) is 0 Å². The van der Waals surface area contributed by atoms with Crippen molar-refractivity contribution in [3.05, 3.63) is 35.6 Å². The molecule has 2 N–H and O–H groups in total. The van der Waals surface area contributed by atoms with Crippen LogP contribution in [0.5, 0.6) is 0 Å². The number of nitrogens with two attached hydrogens (primary N) is 1. The molecule has 1 amide bonds. The van der Waals surface area contributed by atoms with E-state index in [2.05, 4.69) is 0 Å². The van der Waals surface area contributed by atoms with Crippen molar-refractivity contribution in [1.82, 2.24) is 4.90 Å². The second-order valence-corrected chi connectivity index (χ2v) is 5.05. The Morgan fingerprint density at radius 2 is 2.15 bits per heavy atom. The molecule has 1 aromatic carbocycles. The standard InChI is InChI=1S/C15H21FN2O2/c16-13-3-1-2-12(10-13)11-15(19)18-7-4-14(5-8-18)20-9-6-17/h1-3,10,14H,4-9,11,17H2. The van der Waals surface area contributed by atoms with Crippen molar-refractivity contribution in [2.45, 2.75) is 25.4 Å². The van der Waals surface area contributed by atoms with E-state index >= 15 is 0 Å². The number of carbonyl (C=O) groups excluding carboxylic acids is 1. The topological polar surface area (TPSA) is 55.6 Å². The van der Waals surface area contributed by atoms with Crippen molar-refractivity contribution in [3.63, 3.8) is 0 Å². The molecule has 1 saturated heterocycles. The number of nitrogens with zero attached hydrogens (tertiary/aromatic N) is 1. The smallest absolute Gasteiger partial charge is 0.226 e. The molecule has 110 valence electrons. The van der Waals surface area contributed by atoms with E-state index in [0.29, 0.717) is 26.2 Å². The summed E-state index contributed by atoms with van der Waals surface area (Å²) in [6, 6.07) is 6.20. The molecule has 1 fully saturated rings. The zero-order chi connectivity index (χ0) is 14.4. The van der Waals surface area contributed by atoms with Gasteiger partial charge < -0.3 is 15.4 Å². The monoisotopic (exact) mass is 280 g/mol. The third-order valence-corrected chi connectivity index (χ3v) is 3.51. The zero-order valence-corrected chi connectivity index (χ0v) is 11.6. The van der Waals surface area contributed by atoms with Crippen LogP contribution in [0.2, 0.25) is 0 Å². The normalized spacial score (nSPS) is 16.4. The van der Waals surface area contributed by atoms with Crippen molar-refractivity contribution >= 4 is 5.91 Å². The second kappa shape index (κ2) is 7.36. The molecule has 0 aliphatic carbocycles. The van der Waals surface area contributed by atoms with Gasteiger partial charge in [-0.05, 0) is 30.5 Å². The highest BCUT2D eigenvalue weighted by Crippen LogP contribution is 2.15. The lowest BCUT2D eigenvalue weighted by atomic mass is 10.1. The Bertz CT molecular complexity index is 445. The molecular formula is C15H21FN2O2. The van der Waals surface area contributed by atoms with Crippen LogP contribution >= 0.6 is 0 Å². The van der Waals surface area contributed by atoms with Gasteiger partial charge in [0.2, 0.25) is 5.91 Å². The Labute approximate surface area is 118 Å². The maximum absolute atomic E-state index is 13.1. The Hall–Kier alpha value is -1.46. The summed E-state index contributed by atoms with van der Waals surface area (Å²) in [5, 5.41) is 0. The first kappa shape index (κ1) is 14.9. The number of amides is 1. The fourth-order valence-electron chi connectivity index (χ4n) is 2.44. The van der Waals surface area contributed by atoms with Crippen molar-refractivity contribution < 1.29 is 13.9 Å². The van der Waals surface area contributed by atoms with Crippen LogP contribution in [-0.4, -0.2) is 43.2 Å². The molecule has 0 radical (unpaired) electrons. The molecule has 2 rings (SSSR count). The maximum atomic E-state index is 13.1. The number of likely N-dealkylation sites (tertiary alicyclic amines) is 1. The highest BCUT2D eigenvalue weighted by Gasteiger charge is 2.23. The number of hydrogen-bond acceptors (Lipinski definition) is 3. The van der Waals surface area contributed by atoms with E-state index in [1.54, 1.807) is 12.1 Å². The number of rotatable bonds is 5. The molecule has 5 heteroatoms. The lowest BCUT2D eigenvalue weighted by molar-refractivity contribution is -0.133. The third-order valence-electron chi connectivity index (χ3n) is 3.51. The predicted molar refractivity (Wildman–Crippen MR) is 74.7 cm³/mol. The molecule has 1 aliphatic rings. The van der Waals surface area contributed by atoms with E-state index in [-0.39, 0.29) is 24.2 Å². The minimum atomic E-state index is -0.302. The van der Waals surface area contributed by atoms with Crippen molar-refractivity contribution in [2.24, 2.45) is 5.73 Å². The van der Waals surface area contributed by atoms with E-state index in [0.717, 1.165) is 18.4 Å². The van der Waals surface area contributed by atoms with Crippen molar-refractivity contribution in [1.29, 1.82) is 0 Å². The largest absolute Gasteiger partial charge is 0.377 e. The van der Waals surface area contributed by atoms with Crippen LogP contribution in [0.3, 0.4) is 0 Å². The molecule has 4 nitrogen and oxygen atoms in total. The van der Waals surface area contributed by atoms with Gasteiger partial charge in [-0.25, -0.2) is 4.39 Å². The van der Waals surface area contributed by atoms with E-state index < -0.39 is 0 Å². The van der Waals surface area contributed by atoms with Gasteiger partial charge in [-0.2, -0.15) is 0 Å². The summed E-state index contributed by atoms with van der Waals surface area (Å²) >= 11 is 0. The van der Waals surface area contributed by atoms with Gasteiger partial charge in [0.05, 0.1) is 19.1 Å². The summed E-state index contributed by atoms with van der Waals surface area (Å²) in [5.41, 5.74) is 6.12. The minimum Gasteiger partial charge on any atom is -0.377 e. The van der Waals surface area contributed by atoms with Gasteiger partial charge in [0.15, 0.2) is 0 Å². The molecule has 1 heterocycles. The fourth-order valence-corrected chi connectivity index (χ4v) is 2.44. The first-order valence-electron chi connectivity index (χ1n) is 7.03. The number of hydrogen-bond donors (Lipinski definition) is 1. The molecule has 1 aromatic rings. The van der Waals surface area contributed by atoms with Gasteiger partial charge in [-0.15, -0.1) is 0 Å². The Morgan fingerprint density at radius 3 is 2.80 bits per heavy atom. The predicted octanol–water partition coefficient (Wildman–Crippen LogP) is 1.33. The Morgan fingerprint density at radius 1 is 1.40 bits per heavy atom. The summed E-state index contributed by atoms with van der Waals surface area (Å²) in [6.45, 7) is 2.49. The van der Waals surface area contributed by atoms with E-state index in [1.807, 2.05) is 4.90 Å². The van der Waals surface area contributed by atoms with E-state index in [9.17, 15) is 9.18 Å². The van der Waals surface area contributed by atoms with Crippen molar-refractivity contribution in [3.8, 4) is 0 Å². The lowest BCUT2D eigenvalue weighted by Crippen LogP contribution is -2.41. The van der Waals surface area contributed by atoms with Gasteiger partial charge >= 0.3 is 0 Å². The van der Waals surface area contributed by atoms with E-state index in [4.69, 9.17) is 10.5 Å². The quantitative estimate of drug-likeness (QED) is 0.885. The van der Waals surface area contributed by atoms with Crippen LogP contribution in [0.15, 0.2) is 24.3 Å². The van der Waals surface area contributed by atoms with Crippen molar-refractivity contribution in [2.75, 3.05) is 26.2 Å². The number of halogens is 1. The average molecular weight is 280 g/mol. The third kappa shape index (κ3) is 4.28. The summed E-state index contributed by atoms with van der Waals surface area (Å²) in [4.78, 5) is 14.0. The van der Waals surface area contributed by atoms with Crippen LogP contribution in [-0.2, 0) is 16.0 Å². The second-order valence-electron chi connectivity index (χ2n) is 5.05. The lowest BCUT2D eigenvalue weighted by Gasteiger charge is -2.32. The molecule has 0 saturated carbocycles. The van der Waals surface area contributed by atoms with Gasteiger partial charge in [-0.3, -0.25) is 4.79 Å².